The quantitative estimate of drug-likeness (QED) is 0.204. The molecule has 0 aliphatic rings. The Hall–Kier alpha value is 0.430. The fourth-order valence-corrected chi connectivity index (χ4v) is 4.11. The highest BCUT2D eigenvalue weighted by Gasteiger charge is 2.00. The summed E-state index contributed by atoms with van der Waals surface area (Å²) in [6, 6.07) is 0. The van der Waals surface area contributed by atoms with Crippen molar-refractivity contribution in [2.24, 2.45) is 0 Å². The van der Waals surface area contributed by atoms with Crippen molar-refractivity contribution in [3.63, 3.8) is 0 Å². The highest BCUT2D eigenvalue weighted by Crippen LogP contribution is 2.25. The molecular formula is C19H41P. The number of unbranched alkanes of at least 4 members (excludes halogenated alkanes) is 11. The summed E-state index contributed by atoms with van der Waals surface area (Å²) in [7, 11) is 1.23. The Balaban J connectivity index is 3.02. The predicted octanol–water partition coefficient (Wildman–Crippen LogP) is 7.55. The molecule has 0 rings (SSSR count). The third kappa shape index (κ3) is 16.5. The molecule has 0 bridgehead atoms. The maximum atomic E-state index is 2.45. The fraction of sp³-hybridized carbons (Fsp3) is 1.00. The zero-order valence-electron chi connectivity index (χ0n) is 14.7. The zero-order chi connectivity index (χ0) is 14.9. The largest absolute Gasteiger partial charge is 0.119 e. The molecule has 0 saturated carbocycles. The molecule has 20 heavy (non-hydrogen) atoms. The van der Waals surface area contributed by atoms with Crippen molar-refractivity contribution in [3.8, 4) is 0 Å². The van der Waals surface area contributed by atoms with E-state index in [0.717, 1.165) is 5.66 Å². The summed E-state index contributed by atoms with van der Waals surface area (Å²) >= 11 is 0. The van der Waals surface area contributed by atoms with Crippen LogP contribution in [0.1, 0.15) is 111 Å². The Kier molecular flexibility index (Phi) is 17.9. The van der Waals surface area contributed by atoms with Crippen LogP contribution in [0.2, 0.25) is 0 Å². The van der Waals surface area contributed by atoms with Crippen LogP contribution in [0.5, 0.6) is 0 Å². The first-order chi connectivity index (χ1) is 9.81. The average molecular weight is 301 g/mol. The first-order valence-corrected chi connectivity index (χ1v) is 10.8. The van der Waals surface area contributed by atoms with E-state index in [0.29, 0.717) is 0 Å². The van der Waals surface area contributed by atoms with Gasteiger partial charge in [-0.1, -0.05) is 97.8 Å². The van der Waals surface area contributed by atoms with Gasteiger partial charge in [0, 0.05) is 0 Å². The van der Waals surface area contributed by atoms with Crippen molar-refractivity contribution in [2.45, 2.75) is 116 Å². The lowest BCUT2D eigenvalue weighted by molar-refractivity contribution is 0.554. The minimum Gasteiger partial charge on any atom is -0.119 e. The molecule has 0 aliphatic carbocycles. The molecule has 122 valence electrons. The van der Waals surface area contributed by atoms with Gasteiger partial charge in [0.2, 0.25) is 0 Å². The number of hydrogen-bond donors (Lipinski definition) is 0. The first kappa shape index (κ1) is 20.4. The minimum absolute atomic E-state index is 0.998. The van der Waals surface area contributed by atoms with Gasteiger partial charge in [0.25, 0.3) is 0 Å². The molecule has 0 amide bonds. The summed E-state index contributed by atoms with van der Waals surface area (Å²) in [5.74, 6) is 0. The average Bonchev–Trinajstić information content (AvgIpc) is 2.46. The second kappa shape index (κ2) is 17.5. The molecule has 0 nitrogen and oxygen atoms in total. The Bertz CT molecular complexity index is 167. The second-order valence-electron chi connectivity index (χ2n) is 6.53. The number of hydrogen-bond acceptors (Lipinski definition) is 0. The minimum atomic E-state index is 0.998. The molecule has 0 heterocycles. The zero-order valence-corrected chi connectivity index (χ0v) is 15.7. The van der Waals surface area contributed by atoms with Crippen LogP contribution < -0.4 is 0 Å². The van der Waals surface area contributed by atoms with Gasteiger partial charge in [-0.25, -0.2) is 0 Å². The topological polar surface area (TPSA) is 0 Å². The van der Waals surface area contributed by atoms with E-state index >= 15 is 0 Å². The first-order valence-electron chi connectivity index (χ1n) is 9.54. The maximum Gasteiger partial charge on any atom is -0.0265 e. The van der Waals surface area contributed by atoms with Gasteiger partial charge in [-0.2, -0.15) is 0 Å². The lowest BCUT2D eigenvalue weighted by Crippen LogP contribution is -1.94. The van der Waals surface area contributed by atoms with Crippen LogP contribution >= 0.6 is 8.58 Å². The standard InChI is InChI=1S/C19H41P/c1-4-6-8-9-10-11-12-13-14-15-16-18-20-19(3)17-7-5-2/h19-20H,4-18H2,1-3H3. The van der Waals surface area contributed by atoms with E-state index in [4.69, 9.17) is 0 Å². The van der Waals surface area contributed by atoms with Gasteiger partial charge in [-0.15, -0.1) is 8.58 Å². The Morgan fingerprint density at radius 1 is 0.600 bits per heavy atom. The number of rotatable bonds is 16. The fourth-order valence-electron chi connectivity index (χ4n) is 2.75. The van der Waals surface area contributed by atoms with Crippen molar-refractivity contribution >= 4 is 8.58 Å². The highest BCUT2D eigenvalue weighted by atomic mass is 31.1. The lowest BCUT2D eigenvalue weighted by Gasteiger charge is -2.10. The van der Waals surface area contributed by atoms with E-state index in [9.17, 15) is 0 Å². The highest BCUT2D eigenvalue weighted by molar-refractivity contribution is 7.38. The van der Waals surface area contributed by atoms with Crippen molar-refractivity contribution in [1.82, 2.24) is 0 Å². The lowest BCUT2D eigenvalue weighted by atomic mass is 10.1. The summed E-state index contributed by atoms with van der Waals surface area (Å²) in [5.41, 5.74) is 0.998. The molecule has 0 aliphatic heterocycles. The van der Waals surface area contributed by atoms with Gasteiger partial charge in [0.05, 0.1) is 0 Å². The SMILES string of the molecule is CCCCCCCCCCCCCPC(C)CCCC. The molecule has 0 aromatic rings. The van der Waals surface area contributed by atoms with Crippen molar-refractivity contribution in [1.29, 1.82) is 0 Å². The van der Waals surface area contributed by atoms with Gasteiger partial charge in [0.15, 0.2) is 0 Å². The molecule has 0 aromatic heterocycles. The van der Waals surface area contributed by atoms with Crippen LogP contribution in [0, 0.1) is 0 Å². The molecule has 0 radical (unpaired) electrons. The summed E-state index contributed by atoms with van der Waals surface area (Å²) in [6.07, 6.45) is 21.9. The summed E-state index contributed by atoms with van der Waals surface area (Å²) < 4.78 is 0. The van der Waals surface area contributed by atoms with Gasteiger partial charge >= 0.3 is 0 Å². The van der Waals surface area contributed by atoms with Crippen LogP contribution in [0.4, 0.5) is 0 Å². The molecule has 0 saturated heterocycles. The predicted molar refractivity (Wildman–Crippen MR) is 98.6 cm³/mol. The van der Waals surface area contributed by atoms with Crippen LogP contribution in [-0.2, 0) is 0 Å². The van der Waals surface area contributed by atoms with Crippen LogP contribution in [-0.4, -0.2) is 11.8 Å². The Labute approximate surface area is 131 Å². The smallest absolute Gasteiger partial charge is 0.0265 e. The van der Waals surface area contributed by atoms with E-state index in [2.05, 4.69) is 20.8 Å². The van der Waals surface area contributed by atoms with Gasteiger partial charge in [-0.3, -0.25) is 0 Å². The Morgan fingerprint density at radius 3 is 1.55 bits per heavy atom. The molecule has 0 aromatic carbocycles. The molecule has 0 N–H and O–H groups in total. The van der Waals surface area contributed by atoms with E-state index in [1.807, 2.05) is 0 Å². The van der Waals surface area contributed by atoms with E-state index in [1.54, 1.807) is 0 Å². The maximum absolute atomic E-state index is 2.45. The van der Waals surface area contributed by atoms with Gasteiger partial charge in [-0.05, 0) is 24.7 Å². The molecule has 1 heteroatoms. The van der Waals surface area contributed by atoms with Crippen molar-refractivity contribution < 1.29 is 0 Å². The van der Waals surface area contributed by atoms with Crippen molar-refractivity contribution in [2.75, 3.05) is 6.16 Å². The summed E-state index contributed by atoms with van der Waals surface area (Å²) in [4.78, 5) is 0. The van der Waals surface area contributed by atoms with Crippen LogP contribution in [0.3, 0.4) is 0 Å². The molecule has 2 unspecified atom stereocenters. The van der Waals surface area contributed by atoms with Crippen LogP contribution in [0.25, 0.3) is 0 Å². The van der Waals surface area contributed by atoms with E-state index in [1.165, 1.54) is 105 Å². The van der Waals surface area contributed by atoms with E-state index in [-0.39, 0.29) is 0 Å². The van der Waals surface area contributed by atoms with Crippen LogP contribution in [0.15, 0.2) is 0 Å². The normalized spacial score (nSPS) is 13.3. The Morgan fingerprint density at radius 2 is 1.05 bits per heavy atom. The molecule has 2 atom stereocenters. The molecular weight excluding hydrogens is 259 g/mol. The van der Waals surface area contributed by atoms with Crippen molar-refractivity contribution in [3.05, 3.63) is 0 Å². The second-order valence-corrected chi connectivity index (χ2v) is 8.43. The molecule has 0 fully saturated rings. The molecule has 0 spiro atoms. The summed E-state index contributed by atoms with van der Waals surface area (Å²) in [6.45, 7) is 7.05. The summed E-state index contributed by atoms with van der Waals surface area (Å²) in [5, 5.41) is 0. The monoisotopic (exact) mass is 300 g/mol. The van der Waals surface area contributed by atoms with E-state index < -0.39 is 0 Å². The third-order valence-corrected chi connectivity index (χ3v) is 5.89. The van der Waals surface area contributed by atoms with Gasteiger partial charge < -0.3 is 0 Å². The third-order valence-electron chi connectivity index (χ3n) is 4.26. The van der Waals surface area contributed by atoms with Gasteiger partial charge in [0.1, 0.15) is 0 Å².